The minimum atomic E-state index is -0.491. The Hall–Kier alpha value is -1.44. The van der Waals surface area contributed by atoms with E-state index in [0.29, 0.717) is 18.9 Å². The van der Waals surface area contributed by atoms with Crippen LogP contribution in [0.4, 0.5) is 5.13 Å². The van der Waals surface area contributed by atoms with Crippen molar-refractivity contribution in [3.05, 3.63) is 33.2 Å². The van der Waals surface area contributed by atoms with Crippen molar-refractivity contribution in [3.8, 4) is 12.3 Å². The van der Waals surface area contributed by atoms with Gasteiger partial charge in [0.2, 0.25) is 0 Å². The molecule has 0 bridgehead atoms. The molecule has 0 radical (unpaired) electrons. The van der Waals surface area contributed by atoms with Crippen LogP contribution >= 0.6 is 40.1 Å². The lowest BCUT2D eigenvalue weighted by atomic mass is 10.6. The molecule has 2 N–H and O–H groups in total. The maximum absolute atomic E-state index is 10.4. The van der Waals surface area contributed by atoms with Crippen LogP contribution in [-0.4, -0.2) is 42.8 Å². The SMILES string of the molecule is Br.C#CCN(C)c1nc(CSCCNC(=C[N+](=O)[O-])NC)cs1. The van der Waals surface area contributed by atoms with E-state index < -0.39 is 4.92 Å². The van der Waals surface area contributed by atoms with Crippen LogP contribution in [-0.2, 0) is 5.75 Å². The largest absolute Gasteiger partial charge is 0.370 e. The third kappa shape index (κ3) is 8.68. The van der Waals surface area contributed by atoms with E-state index in [1.165, 1.54) is 0 Å². The van der Waals surface area contributed by atoms with Gasteiger partial charge in [-0.25, -0.2) is 4.98 Å². The highest BCUT2D eigenvalue weighted by Gasteiger charge is 2.06. The Morgan fingerprint density at radius 2 is 2.43 bits per heavy atom. The number of hydrogen-bond acceptors (Lipinski definition) is 8. The minimum Gasteiger partial charge on any atom is -0.370 e. The topological polar surface area (TPSA) is 83.3 Å². The van der Waals surface area contributed by atoms with Gasteiger partial charge in [-0.15, -0.1) is 34.7 Å². The van der Waals surface area contributed by atoms with Crippen molar-refractivity contribution in [2.75, 3.05) is 37.8 Å². The molecular formula is C13H20BrN5O2S2. The summed E-state index contributed by atoms with van der Waals surface area (Å²) in [4.78, 5) is 16.3. The van der Waals surface area contributed by atoms with Gasteiger partial charge >= 0.3 is 0 Å². The van der Waals surface area contributed by atoms with Gasteiger partial charge in [-0.3, -0.25) is 10.1 Å². The van der Waals surface area contributed by atoms with Crippen LogP contribution in [0.15, 0.2) is 17.4 Å². The zero-order valence-electron chi connectivity index (χ0n) is 12.9. The normalized spacial score (nSPS) is 10.4. The summed E-state index contributed by atoms with van der Waals surface area (Å²) in [6.45, 7) is 1.18. The van der Waals surface area contributed by atoms with Crippen molar-refractivity contribution in [1.29, 1.82) is 0 Å². The Morgan fingerprint density at radius 1 is 1.70 bits per heavy atom. The number of rotatable bonds is 10. The van der Waals surface area contributed by atoms with Crippen LogP contribution in [0.5, 0.6) is 0 Å². The van der Waals surface area contributed by atoms with Crippen molar-refractivity contribution < 1.29 is 4.92 Å². The van der Waals surface area contributed by atoms with Crippen molar-refractivity contribution in [3.63, 3.8) is 0 Å². The predicted molar refractivity (Wildman–Crippen MR) is 103 cm³/mol. The average molecular weight is 422 g/mol. The second-order valence-corrected chi connectivity index (χ2v) is 6.18. The number of terminal acetylenes is 1. The Bertz CT molecular complexity index is 559. The molecular weight excluding hydrogens is 402 g/mol. The Kier molecular flexibility index (Phi) is 11.3. The molecule has 1 aromatic heterocycles. The molecule has 0 amide bonds. The number of thiazole rings is 1. The first-order valence-corrected chi connectivity index (χ1v) is 8.54. The highest BCUT2D eigenvalue weighted by Crippen LogP contribution is 2.21. The molecule has 1 aromatic rings. The number of halogens is 1. The van der Waals surface area contributed by atoms with Gasteiger partial charge in [-0.2, -0.15) is 11.8 Å². The third-order valence-electron chi connectivity index (χ3n) is 2.51. The van der Waals surface area contributed by atoms with E-state index in [9.17, 15) is 10.1 Å². The Morgan fingerprint density at radius 3 is 3.04 bits per heavy atom. The summed E-state index contributed by atoms with van der Waals surface area (Å²) in [6, 6.07) is 0. The third-order valence-corrected chi connectivity index (χ3v) is 4.51. The predicted octanol–water partition coefficient (Wildman–Crippen LogP) is 1.91. The monoisotopic (exact) mass is 421 g/mol. The standard InChI is InChI=1S/C13H19N5O2S2.BrH/c1-4-6-17(3)13-16-11(10-22-13)9-21-7-5-15-12(14-2)8-18(19)20;/h1,8,10,14-15H,5-7,9H2,2-3H3;1H. The number of thioether (sulfide) groups is 1. The first-order valence-electron chi connectivity index (χ1n) is 6.50. The molecule has 1 rings (SSSR count). The summed E-state index contributed by atoms with van der Waals surface area (Å²) in [6.07, 6.45) is 6.19. The first-order chi connectivity index (χ1) is 10.6. The molecule has 0 saturated carbocycles. The van der Waals surface area contributed by atoms with Gasteiger partial charge in [0.05, 0.1) is 17.2 Å². The van der Waals surface area contributed by atoms with Crippen LogP contribution in [0.3, 0.4) is 0 Å². The summed E-state index contributed by atoms with van der Waals surface area (Å²) < 4.78 is 0. The van der Waals surface area contributed by atoms with Crippen LogP contribution < -0.4 is 15.5 Å². The number of aromatic nitrogens is 1. The van der Waals surface area contributed by atoms with Gasteiger partial charge in [-0.05, 0) is 0 Å². The summed E-state index contributed by atoms with van der Waals surface area (Å²) >= 11 is 3.29. The fraction of sp³-hybridized carbons (Fsp3) is 0.462. The lowest BCUT2D eigenvalue weighted by Gasteiger charge is -2.10. The average Bonchev–Trinajstić information content (AvgIpc) is 2.94. The zero-order valence-corrected chi connectivity index (χ0v) is 16.3. The highest BCUT2D eigenvalue weighted by molar-refractivity contribution is 8.93. The molecule has 128 valence electrons. The second-order valence-electron chi connectivity index (χ2n) is 4.24. The Labute approximate surface area is 154 Å². The highest BCUT2D eigenvalue weighted by atomic mass is 79.9. The first kappa shape index (κ1) is 21.6. The molecule has 0 unspecified atom stereocenters. The molecule has 23 heavy (non-hydrogen) atoms. The lowest BCUT2D eigenvalue weighted by molar-refractivity contribution is -0.404. The number of hydrogen-bond donors (Lipinski definition) is 2. The summed E-state index contributed by atoms with van der Waals surface area (Å²) in [5, 5.41) is 19.0. The van der Waals surface area contributed by atoms with Gasteiger partial charge in [0.25, 0.3) is 6.20 Å². The lowest BCUT2D eigenvalue weighted by Crippen LogP contribution is -2.26. The van der Waals surface area contributed by atoms with Crippen molar-refractivity contribution in [2.24, 2.45) is 0 Å². The Balaban J connectivity index is 0.00000484. The maximum Gasteiger partial charge on any atom is 0.274 e. The fourth-order valence-corrected chi connectivity index (χ4v) is 3.13. The molecule has 0 saturated heterocycles. The van der Waals surface area contributed by atoms with Crippen LogP contribution in [0, 0.1) is 22.5 Å². The quantitative estimate of drug-likeness (QED) is 0.258. The van der Waals surface area contributed by atoms with E-state index in [-0.39, 0.29) is 17.0 Å². The fourth-order valence-electron chi connectivity index (χ4n) is 1.48. The van der Waals surface area contributed by atoms with E-state index in [4.69, 9.17) is 6.42 Å². The molecule has 1 heterocycles. The van der Waals surface area contributed by atoms with Crippen LogP contribution in [0.1, 0.15) is 5.69 Å². The number of nitrogens with one attached hydrogen (secondary N) is 2. The van der Waals surface area contributed by atoms with Gasteiger partial charge in [-0.1, -0.05) is 5.92 Å². The van der Waals surface area contributed by atoms with Gasteiger partial charge < -0.3 is 15.5 Å². The molecule has 7 nitrogen and oxygen atoms in total. The molecule has 0 fully saturated rings. The molecule has 0 aromatic carbocycles. The summed E-state index contributed by atoms with van der Waals surface area (Å²) in [5.74, 6) is 4.61. The smallest absolute Gasteiger partial charge is 0.274 e. The number of nitro groups is 1. The number of anilines is 1. The molecule has 10 heteroatoms. The van der Waals surface area contributed by atoms with E-state index in [1.54, 1.807) is 30.1 Å². The zero-order chi connectivity index (χ0) is 16.4. The molecule has 0 spiro atoms. The van der Waals surface area contributed by atoms with E-state index in [2.05, 4.69) is 21.5 Å². The van der Waals surface area contributed by atoms with Crippen LogP contribution in [0.2, 0.25) is 0 Å². The number of nitrogens with zero attached hydrogens (tertiary/aromatic N) is 3. The van der Waals surface area contributed by atoms with E-state index in [1.807, 2.05) is 17.3 Å². The molecule has 0 aliphatic rings. The summed E-state index contributed by atoms with van der Waals surface area (Å²) in [7, 11) is 3.56. The van der Waals surface area contributed by atoms with Crippen LogP contribution in [0.25, 0.3) is 0 Å². The minimum absolute atomic E-state index is 0. The van der Waals surface area contributed by atoms with Crippen molar-refractivity contribution in [1.82, 2.24) is 15.6 Å². The van der Waals surface area contributed by atoms with Gasteiger partial charge in [0.1, 0.15) is 0 Å². The molecule has 0 aliphatic heterocycles. The second kappa shape index (κ2) is 12.0. The molecule has 0 atom stereocenters. The molecule has 0 aliphatic carbocycles. The van der Waals surface area contributed by atoms with Gasteiger partial charge in [0, 0.05) is 37.5 Å². The summed E-state index contributed by atoms with van der Waals surface area (Å²) in [5.41, 5.74) is 1.02. The van der Waals surface area contributed by atoms with Gasteiger partial charge in [0.15, 0.2) is 11.0 Å². The van der Waals surface area contributed by atoms with Crippen molar-refractivity contribution >= 4 is 45.2 Å². The van der Waals surface area contributed by atoms with Crippen molar-refractivity contribution in [2.45, 2.75) is 5.75 Å². The maximum atomic E-state index is 10.4. The van der Waals surface area contributed by atoms with E-state index >= 15 is 0 Å². The van der Waals surface area contributed by atoms with E-state index in [0.717, 1.165) is 28.5 Å².